The normalized spacial score (nSPS) is 10.6. The van der Waals surface area contributed by atoms with Crippen LogP contribution < -0.4 is 5.73 Å². The zero-order valence-corrected chi connectivity index (χ0v) is 8.34. The largest absolute Gasteiger partial charge is 0.465 e. The second-order valence-corrected chi connectivity index (χ2v) is 2.84. The van der Waals surface area contributed by atoms with Crippen molar-refractivity contribution in [1.29, 1.82) is 0 Å². The van der Waals surface area contributed by atoms with Gasteiger partial charge in [-0.3, -0.25) is 4.98 Å². The number of methoxy groups -OCH3 is 1. The number of carbonyl (C=O) groups excluding carboxylic acids is 1. The third kappa shape index (κ3) is 2.13. The minimum absolute atomic E-state index is 0.225. The van der Waals surface area contributed by atoms with Crippen LogP contribution in [-0.4, -0.2) is 18.1 Å². The highest BCUT2D eigenvalue weighted by molar-refractivity contribution is 5.91. The van der Waals surface area contributed by atoms with Crippen LogP contribution in [0.1, 0.15) is 28.0 Å². The maximum atomic E-state index is 13.2. The van der Waals surface area contributed by atoms with Crippen molar-refractivity contribution in [2.24, 2.45) is 5.73 Å². The van der Waals surface area contributed by atoms with Crippen molar-refractivity contribution in [3.63, 3.8) is 0 Å². The molecule has 0 saturated heterocycles. The standard InChI is InChI=1S/C9H9F3N2O2/c1-16-9(15)6-4(10)3-14-5(2-13)7(6)8(11)12/h3,8H,2,13H2,1H3. The predicted octanol–water partition coefficient (Wildman–Crippen LogP) is 1.40. The molecule has 0 aliphatic heterocycles. The monoisotopic (exact) mass is 234 g/mol. The summed E-state index contributed by atoms with van der Waals surface area (Å²) < 4.78 is 42.8. The van der Waals surface area contributed by atoms with Gasteiger partial charge in [0.2, 0.25) is 0 Å². The second kappa shape index (κ2) is 4.93. The van der Waals surface area contributed by atoms with E-state index < -0.39 is 29.3 Å². The number of ether oxygens (including phenoxy) is 1. The van der Waals surface area contributed by atoms with Crippen molar-refractivity contribution in [1.82, 2.24) is 4.98 Å². The molecule has 2 N–H and O–H groups in total. The first-order chi connectivity index (χ1) is 7.52. The van der Waals surface area contributed by atoms with Gasteiger partial charge in [-0.15, -0.1) is 0 Å². The summed E-state index contributed by atoms with van der Waals surface area (Å²) in [4.78, 5) is 14.6. The Kier molecular flexibility index (Phi) is 3.83. The SMILES string of the molecule is COC(=O)c1c(F)cnc(CN)c1C(F)F. The van der Waals surface area contributed by atoms with E-state index in [1.54, 1.807) is 0 Å². The van der Waals surface area contributed by atoms with Gasteiger partial charge in [0.1, 0.15) is 5.56 Å². The summed E-state index contributed by atoms with van der Waals surface area (Å²) in [5.74, 6) is -2.33. The first-order valence-corrected chi connectivity index (χ1v) is 4.26. The molecule has 0 aliphatic rings. The molecule has 0 aliphatic carbocycles. The van der Waals surface area contributed by atoms with Gasteiger partial charge in [-0.05, 0) is 0 Å². The minimum atomic E-state index is -3.05. The number of esters is 1. The lowest BCUT2D eigenvalue weighted by molar-refractivity contribution is 0.0582. The molecule has 0 aromatic carbocycles. The van der Waals surface area contributed by atoms with E-state index in [0.717, 1.165) is 7.11 Å². The molecule has 0 saturated carbocycles. The molecule has 88 valence electrons. The van der Waals surface area contributed by atoms with Crippen molar-refractivity contribution in [2.75, 3.05) is 7.11 Å². The van der Waals surface area contributed by atoms with E-state index in [4.69, 9.17) is 5.73 Å². The lowest BCUT2D eigenvalue weighted by atomic mass is 10.1. The van der Waals surface area contributed by atoms with E-state index >= 15 is 0 Å². The van der Waals surface area contributed by atoms with E-state index in [1.807, 2.05) is 0 Å². The van der Waals surface area contributed by atoms with Crippen LogP contribution in [0, 0.1) is 5.82 Å². The van der Waals surface area contributed by atoms with E-state index in [1.165, 1.54) is 0 Å². The Morgan fingerprint density at radius 3 is 2.69 bits per heavy atom. The molecule has 1 rings (SSSR count). The van der Waals surface area contributed by atoms with E-state index in [9.17, 15) is 18.0 Å². The minimum Gasteiger partial charge on any atom is -0.465 e. The Morgan fingerprint density at radius 1 is 1.62 bits per heavy atom. The van der Waals surface area contributed by atoms with Crippen LogP contribution >= 0.6 is 0 Å². The molecule has 0 spiro atoms. The number of rotatable bonds is 3. The molecule has 1 aromatic heterocycles. The van der Waals surface area contributed by atoms with Gasteiger partial charge in [-0.2, -0.15) is 0 Å². The second-order valence-electron chi connectivity index (χ2n) is 2.84. The molecule has 16 heavy (non-hydrogen) atoms. The highest BCUT2D eigenvalue weighted by Gasteiger charge is 2.27. The van der Waals surface area contributed by atoms with Crippen LogP contribution in [0.25, 0.3) is 0 Å². The third-order valence-corrected chi connectivity index (χ3v) is 1.95. The highest BCUT2D eigenvalue weighted by atomic mass is 19.3. The van der Waals surface area contributed by atoms with E-state index in [2.05, 4.69) is 9.72 Å². The lowest BCUT2D eigenvalue weighted by Gasteiger charge is -2.11. The first-order valence-electron chi connectivity index (χ1n) is 4.26. The number of aromatic nitrogens is 1. The summed E-state index contributed by atoms with van der Waals surface area (Å²) in [6, 6.07) is 0. The van der Waals surface area contributed by atoms with Crippen LogP contribution in [-0.2, 0) is 11.3 Å². The van der Waals surface area contributed by atoms with Crippen molar-refractivity contribution >= 4 is 5.97 Å². The fraction of sp³-hybridized carbons (Fsp3) is 0.333. The van der Waals surface area contributed by atoms with Gasteiger partial charge in [0.05, 0.1) is 24.6 Å². The summed E-state index contributed by atoms with van der Waals surface area (Å²) in [5.41, 5.74) is 3.33. The summed E-state index contributed by atoms with van der Waals surface area (Å²) in [6.45, 7) is -0.316. The van der Waals surface area contributed by atoms with Crippen molar-refractivity contribution in [3.8, 4) is 0 Å². The number of halogens is 3. The highest BCUT2D eigenvalue weighted by Crippen LogP contribution is 2.27. The van der Waals surface area contributed by atoms with Crippen molar-refractivity contribution < 1.29 is 22.7 Å². The Morgan fingerprint density at radius 2 is 2.25 bits per heavy atom. The van der Waals surface area contributed by atoms with E-state index in [0.29, 0.717) is 6.20 Å². The summed E-state index contributed by atoms with van der Waals surface area (Å²) in [6.07, 6.45) is -2.38. The van der Waals surface area contributed by atoms with Gasteiger partial charge >= 0.3 is 5.97 Å². The molecule has 7 heteroatoms. The number of nitrogens with zero attached hydrogens (tertiary/aromatic N) is 1. The summed E-state index contributed by atoms with van der Waals surface area (Å²) in [7, 11) is 0.972. The fourth-order valence-corrected chi connectivity index (χ4v) is 1.25. The smallest absolute Gasteiger partial charge is 0.341 e. The number of nitrogens with two attached hydrogens (primary N) is 1. The summed E-state index contributed by atoms with van der Waals surface area (Å²) >= 11 is 0. The van der Waals surface area contributed by atoms with Gasteiger partial charge < -0.3 is 10.5 Å². The maximum absolute atomic E-state index is 13.2. The van der Waals surface area contributed by atoms with Crippen molar-refractivity contribution in [3.05, 3.63) is 28.8 Å². The Balaban J connectivity index is 3.48. The lowest BCUT2D eigenvalue weighted by Crippen LogP contribution is -2.15. The topological polar surface area (TPSA) is 65.2 Å². The van der Waals surface area contributed by atoms with Crippen LogP contribution in [0.3, 0.4) is 0 Å². The molecule has 4 nitrogen and oxygen atoms in total. The maximum Gasteiger partial charge on any atom is 0.341 e. The molecular formula is C9H9F3N2O2. The first kappa shape index (κ1) is 12.4. The average molecular weight is 234 g/mol. The molecule has 0 radical (unpaired) electrons. The van der Waals surface area contributed by atoms with Crippen molar-refractivity contribution in [2.45, 2.75) is 13.0 Å². The van der Waals surface area contributed by atoms with Gasteiger partial charge in [-0.25, -0.2) is 18.0 Å². The molecule has 0 fully saturated rings. The predicted molar refractivity (Wildman–Crippen MR) is 48.4 cm³/mol. The van der Waals surface area contributed by atoms with Crippen LogP contribution in [0.2, 0.25) is 0 Å². The van der Waals surface area contributed by atoms with Crippen LogP contribution in [0.4, 0.5) is 13.2 Å². The number of carbonyl (C=O) groups is 1. The molecule has 0 amide bonds. The number of hydrogen-bond donors (Lipinski definition) is 1. The Labute approximate surface area is 89.2 Å². The Hall–Kier alpha value is -1.63. The molecule has 1 heterocycles. The molecular weight excluding hydrogens is 225 g/mol. The van der Waals surface area contributed by atoms with Gasteiger partial charge in [0.15, 0.2) is 5.82 Å². The summed E-state index contributed by atoms with van der Waals surface area (Å²) in [5, 5.41) is 0. The molecule has 0 bridgehead atoms. The number of hydrogen-bond acceptors (Lipinski definition) is 4. The number of alkyl halides is 2. The molecule has 0 unspecified atom stereocenters. The number of pyridine rings is 1. The zero-order valence-electron chi connectivity index (χ0n) is 8.34. The quantitative estimate of drug-likeness (QED) is 0.803. The van der Waals surface area contributed by atoms with E-state index in [-0.39, 0.29) is 12.2 Å². The van der Waals surface area contributed by atoms with Gasteiger partial charge in [-0.1, -0.05) is 0 Å². The van der Waals surface area contributed by atoms with Crippen LogP contribution in [0.5, 0.6) is 0 Å². The fourth-order valence-electron chi connectivity index (χ4n) is 1.25. The Bertz CT molecular complexity index is 410. The third-order valence-electron chi connectivity index (χ3n) is 1.95. The van der Waals surface area contributed by atoms with Gasteiger partial charge in [0, 0.05) is 6.54 Å². The zero-order chi connectivity index (χ0) is 12.3. The molecule has 1 aromatic rings. The van der Waals surface area contributed by atoms with Crippen LogP contribution in [0.15, 0.2) is 6.20 Å². The molecule has 0 atom stereocenters. The van der Waals surface area contributed by atoms with Gasteiger partial charge in [0.25, 0.3) is 6.43 Å². The average Bonchev–Trinajstić information content (AvgIpc) is 2.27.